The molecule has 1 heterocycles. The summed E-state index contributed by atoms with van der Waals surface area (Å²) in [6, 6.07) is 17.8. The lowest BCUT2D eigenvalue weighted by Gasteiger charge is -2.35. The first-order valence-electron chi connectivity index (χ1n) is 12.9. The minimum Gasteiger partial charge on any atom is -0.414 e. The van der Waals surface area contributed by atoms with Crippen LogP contribution in [-0.4, -0.2) is 57.2 Å². The number of benzene rings is 2. The SMILES string of the molecule is C[C@@H]1CCC[N+]1(C(=O)CP(=O)(O)C(CCc1ccccc1)CC(=O)c1ccccc1)C(=O)OC(C)(C)C. The maximum Gasteiger partial charge on any atom is 0.524 e. The molecule has 0 aromatic heterocycles. The highest BCUT2D eigenvalue weighted by Crippen LogP contribution is 2.51. The number of hydrogen-bond acceptors (Lipinski definition) is 5. The van der Waals surface area contributed by atoms with Crippen molar-refractivity contribution in [2.45, 2.75) is 77.1 Å². The number of likely N-dealkylation sites (tertiary alicyclic amines) is 1. The molecule has 1 saturated heterocycles. The standard InChI is InChI=1S/C29H38NO6P/c1-22-12-11-19-30(22,28(33)36-29(2,3)4)27(32)21-37(34,35)25(18-17-23-13-7-5-8-14-23)20-26(31)24-15-9-6-10-16-24/h5-10,13-16,22,25H,11-12,17-21H2,1-4H3/p+1/t22-,25?,30?/m1/s1. The average molecular weight is 529 g/mol. The number of imide groups is 1. The van der Waals surface area contributed by atoms with Gasteiger partial charge in [0.1, 0.15) is 17.8 Å². The molecule has 1 fully saturated rings. The van der Waals surface area contributed by atoms with Crippen LogP contribution in [0, 0.1) is 0 Å². The van der Waals surface area contributed by atoms with E-state index in [9.17, 15) is 23.8 Å². The number of rotatable bonds is 9. The summed E-state index contributed by atoms with van der Waals surface area (Å²) in [5.74, 6) is -0.854. The second-order valence-electron chi connectivity index (χ2n) is 11.0. The smallest absolute Gasteiger partial charge is 0.414 e. The molecule has 0 saturated carbocycles. The van der Waals surface area contributed by atoms with Gasteiger partial charge in [0, 0.05) is 30.5 Å². The number of ether oxygens (including phenoxy) is 1. The number of quaternary nitrogens is 1. The van der Waals surface area contributed by atoms with Crippen molar-refractivity contribution in [1.29, 1.82) is 0 Å². The summed E-state index contributed by atoms with van der Waals surface area (Å²) >= 11 is 0. The largest absolute Gasteiger partial charge is 0.524 e. The maximum atomic E-state index is 13.8. The number of aryl methyl sites for hydroxylation is 1. The van der Waals surface area contributed by atoms with E-state index in [1.807, 2.05) is 37.3 Å². The van der Waals surface area contributed by atoms with Crippen LogP contribution >= 0.6 is 7.37 Å². The van der Waals surface area contributed by atoms with Gasteiger partial charge in [-0.2, -0.15) is 9.28 Å². The molecule has 1 aliphatic heterocycles. The Morgan fingerprint density at radius 2 is 1.65 bits per heavy atom. The minimum atomic E-state index is -4.18. The highest BCUT2D eigenvalue weighted by atomic mass is 31.2. The van der Waals surface area contributed by atoms with Crippen LogP contribution in [0.25, 0.3) is 0 Å². The second kappa shape index (κ2) is 11.8. The molecule has 2 aromatic carbocycles. The fourth-order valence-corrected chi connectivity index (χ4v) is 6.88. The van der Waals surface area contributed by atoms with E-state index in [-0.39, 0.29) is 31.2 Å². The van der Waals surface area contributed by atoms with Gasteiger partial charge < -0.3 is 9.63 Å². The fourth-order valence-electron chi connectivity index (χ4n) is 4.99. The van der Waals surface area contributed by atoms with Gasteiger partial charge in [-0.25, -0.2) is 4.79 Å². The number of ketones is 1. The first kappa shape index (κ1) is 29.0. The molecule has 3 unspecified atom stereocenters. The van der Waals surface area contributed by atoms with E-state index in [0.29, 0.717) is 24.8 Å². The Bertz CT molecular complexity index is 1140. The van der Waals surface area contributed by atoms with Gasteiger partial charge in [0.05, 0.1) is 6.54 Å². The van der Waals surface area contributed by atoms with E-state index < -0.39 is 41.3 Å². The minimum absolute atomic E-state index is 0.153. The van der Waals surface area contributed by atoms with E-state index in [0.717, 1.165) is 5.56 Å². The Morgan fingerprint density at radius 3 is 2.19 bits per heavy atom. The molecule has 1 aliphatic rings. The lowest BCUT2D eigenvalue weighted by Crippen LogP contribution is -2.61. The zero-order valence-electron chi connectivity index (χ0n) is 22.3. The first-order chi connectivity index (χ1) is 17.3. The van der Waals surface area contributed by atoms with Gasteiger partial charge >= 0.3 is 12.0 Å². The van der Waals surface area contributed by atoms with Crippen molar-refractivity contribution in [3.05, 3.63) is 71.8 Å². The zero-order chi connectivity index (χ0) is 27.3. The molecule has 0 aliphatic carbocycles. The molecule has 8 heteroatoms. The molecular weight excluding hydrogens is 489 g/mol. The number of nitrogens with zero attached hydrogens (tertiary/aromatic N) is 1. The van der Waals surface area contributed by atoms with Crippen molar-refractivity contribution in [1.82, 2.24) is 0 Å². The van der Waals surface area contributed by atoms with Gasteiger partial charge in [0.2, 0.25) is 7.37 Å². The van der Waals surface area contributed by atoms with Crippen LogP contribution in [-0.2, 0) is 20.5 Å². The normalized spacial score (nSPS) is 22.1. The van der Waals surface area contributed by atoms with Crippen LogP contribution in [0.1, 0.15) is 69.3 Å². The number of Topliss-reactive ketones (excluding diaryl/α,β-unsaturated/α-hetero) is 1. The monoisotopic (exact) mass is 528 g/mol. The first-order valence-corrected chi connectivity index (χ1v) is 14.8. The van der Waals surface area contributed by atoms with Gasteiger partial charge in [-0.15, -0.1) is 0 Å². The third-order valence-electron chi connectivity index (χ3n) is 7.11. The molecule has 0 radical (unpaired) electrons. The highest BCUT2D eigenvalue weighted by Gasteiger charge is 2.56. The molecule has 0 bridgehead atoms. The van der Waals surface area contributed by atoms with Gasteiger partial charge in [-0.05, 0) is 46.1 Å². The van der Waals surface area contributed by atoms with Crippen LogP contribution in [0.3, 0.4) is 0 Å². The second-order valence-corrected chi connectivity index (χ2v) is 13.6. The van der Waals surface area contributed by atoms with Crippen molar-refractivity contribution >= 4 is 25.2 Å². The van der Waals surface area contributed by atoms with Gasteiger partial charge in [0.25, 0.3) is 0 Å². The zero-order valence-corrected chi connectivity index (χ0v) is 23.2. The Morgan fingerprint density at radius 1 is 1.05 bits per heavy atom. The van der Waals surface area contributed by atoms with Crippen molar-refractivity contribution in [3.63, 3.8) is 0 Å². The summed E-state index contributed by atoms with van der Waals surface area (Å²) in [6.07, 6.45) is 0.554. The van der Waals surface area contributed by atoms with Crippen LogP contribution in [0.5, 0.6) is 0 Å². The van der Waals surface area contributed by atoms with Crippen LogP contribution in [0.2, 0.25) is 0 Å². The lowest BCUT2D eigenvalue weighted by atomic mass is 10.0. The number of hydrogen-bond donors (Lipinski definition) is 1. The summed E-state index contributed by atoms with van der Waals surface area (Å²) in [4.78, 5) is 51.3. The van der Waals surface area contributed by atoms with Gasteiger partial charge in [0.15, 0.2) is 5.78 Å². The predicted octanol–water partition coefficient (Wildman–Crippen LogP) is 5.99. The maximum absolute atomic E-state index is 13.8. The summed E-state index contributed by atoms with van der Waals surface area (Å²) in [6.45, 7) is 7.25. The summed E-state index contributed by atoms with van der Waals surface area (Å²) in [5, 5.41) is 0. The van der Waals surface area contributed by atoms with Crippen molar-refractivity contribution < 1.29 is 33.1 Å². The van der Waals surface area contributed by atoms with E-state index in [1.165, 1.54) is 0 Å². The third-order valence-corrected chi connectivity index (χ3v) is 9.41. The number of amides is 2. The van der Waals surface area contributed by atoms with Crippen LogP contribution < -0.4 is 0 Å². The Balaban J connectivity index is 1.87. The molecule has 3 rings (SSSR count). The van der Waals surface area contributed by atoms with E-state index >= 15 is 0 Å². The molecule has 0 spiro atoms. The Labute approximate surface area is 219 Å². The number of carbonyl (C=O) groups is 3. The van der Waals surface area contributed by atoms with Crippen molar-refractivity contribution in [3.8, 4) is 0 Å². The molecule has 200 valence electrons. The highest BCUT2D eigenvalue weighted by molar-refractivity contribution is 7.59. The van der Waals surface area contributed by atoms with Gasteiger partial charge in [-0.1, -0.05) is 60.7 Å². The summed E-state index contributed by atoms with van der Waals surface area (Å²) < 4.78 is 18.9. The lowest BCUT2D eigenvalue weighted by molar-refractivity contribution is -0.792. The predicted molar refractivity (Wildman–Crippen MR) is 144 cm³/mol. The number of carbonyl (C=O) groups excluding carboxylic acids is 3. The van der Waals surface area contributed by atoms with E-state index in [1.54, 1.807) is 51.1 Å². The Hall–Kier alpha value is -2.60. The van der Waals surface area contributed by atoms with Crippen LogP contribution in [0.4, 0.5) is 4.79 Å². The van der Waals surface area contributed by atoms with Crippen molar-refractivity contribution in [2.75, 3.05) is 12.7 Å². The molecule has 7 nitrogen and oxygen atoms in total. The molecular formula is C29H39NO6P+. The van der Waals surface area contributed by atoms with Crippen molar-refractivity contribution in [2.24, 2.45) is 0 Å². The van der Waals surface area contributed by atoms with Gasteiger partial charge in [-0.3, -0.25) is 9.36 Å². The molecule has 37 heavy (non-hydrogen) atoms. The fraction of sp³-hybridized carbons (Fsp3) is 0.483. The third kappa shape index (κ3) is 7.25. The summed E-state index contributed by atoms with van der Waals surface area (Å²) in [5.41, 5.74) is -0.268. The summed E-state index contributed by atoms with van der Waals surface area (Å²) in [7, 11) is -4.18. The molecule has 4 atom stereocenters. The van der Waals surface area contributed by atoms with Crippen LogP contribution in [0.15, 0.2) is 60.7 Å². The molecule has 1 N–H and O–H groups in total. The average Bonchev–Trinajstić information content (AvgIpc) is 3.23. The Kier molecular flexibility index (Phi) is 9.27. The molecule has 2 amide bonds. The van der Waals surface area contributed by atoms with E-state index in [2.05, 4.69) is 0 Å². The molecule has 2 aromatic rings. The van der Waals surface area contributed by atoms with E-state index in [4.69, 9.17) is 4.74 Å². The topological polar surface area (TPSA) is 97.7 Å². The quantitative estimate of drug-likeness (QED) is 0.244.